The van der Waals surface area contributed by atoms with Gasteiger partial charge in [0.1, 0.15) is 5.69 Å². The quantitative estimate of drug-likeness (QED) is 0.764. The van der Waals surface area contributed by atoms with Gasteiger partial charge in [-0.2, -0.15) is 0 Å². The molecule has 3 aromatic rings. The van der Waals surface area contributed by atoms with Crippen LogP contribution in [0.25, 0.3) is 10.9 Å². The van der Waals surface area contributed by atoms with Crippen LogP contribution in [-0.2, 0) is 13.0 Å². The first kappa shape index (κ1) is 13.4. The zero-order valence-electron chi connectivity index (χ0n) is 11.8. The molecule has 1 aromatic carbocycles. The lowest BCUT2D eigenvalue weighted by Gasteiger charge is -2.24. The van der Waals surface area contributed by atoms with Crippen LogP contribution in [0.3, 0.4) is 0 Å². The number of aryl methyl sites for hydroxylation is 1. The molecule has 1 unspecified atom stereocenters. The van der Waals surface area contributed by atoms with Crippen LogP contribution in [0.1, 0.15) is 22.6 Å². The van der Waals surface area contributed by atoms with E-state index >= 15 is 0 Å². The maximum atomic E-state index is 12.4. The molecule has 1 atom stereocenters. The van der Waals surface area contributed by atoms with Gasteiger partial charge in [-0.3, -0.25) is 4.79 Å². The minimum Gasteiger partial charge on any atom is -0.350 e. The summed E-state index contributed by atoms with van der Waals surface area (Å²) in [5.74, 6) is -0.0825. The molecule has 22 heavy (non-hydrogen) atoms. The molecule has 0 radical (unpaired) electrons. The minimum atomic E-state index is -0.0825. The molecular weight excluding hydrogens is 300 g/mol. The molecule has 0 fully saturated rings. The molecule has 3 heterocycles. The van der Waals surface area contributed by atoms with Crippen LogP contribution in [0.2, 0.25) is 5.02 Å². The van der Waals surface area contributed by atoms with E-state index in [1.807, 2.05) is 36.8 Å². The third-order valence-electron chi connectivity index (χ3n) is 4.13. The van der Waals surface area contributed by atoms with Crippen molar-refractivity contribution >= 4 is 28.4 Å². The molecule has 0 saturated carbocycles. The van der Waals surface area contributed by atoms with Crippen molar-refractivity contribution in [2.75, 3.05) is 0 Å². The molecule has 0 spiro atoms. The van der Waals surface area contributed by atoms with Crippen LogP contribution < -0.4 is 5.32 Å². The van der Waals surface area contributed by atoms with Crippen molar-refractivity contribution in [1.29, 1.82) is 0 Å². The number of nitrogens with zero attached hydrogens (tertiary/aromatic N) is 2. The normalized spacial score (nSPS) is 17.4. The summed E-state index contributed by atoms with van der Waals surface area (Å²) in [5.41, 5.74) is 2.66. The number of hydrogen-bond acceptors (Lipinski definition) is 2. The summed E-state index contributed by atoms with van der Waals surface area (Å²) in [7, 11) is 0. The fraction of sp³-hybridized carbons (Fsp3) is 0.250. The highest BCUT2D eigenvalue weighted by molar-refractivity contribution is 6.31. The fourth-order valence-corrected chi connectivity index (χ4v) is 3.15. The molecule has 6 heteroatoms. The predicted octanol–water partition coefficient (Wildman–Crippen LogP) is 2.76. The number of halogens is 1. The van der Waals surface area contributed by atoms with E-state index in [9.17, 15) is 4.79 Å². The Labute approximate surface area is 132 Å². The number of rotatable bonds is 2. The van der Waals surface area contributed by atoms with E-state index in [4.69, 9.17) is 11.6 Å². The fourth-order valence-electron chi connectivity index (χ4n) is 2.97. The lowest BCUT2D eigenvalue weighted by molar-refractivity contribution is 0.0923. The van der Waals surface area contributed by atoms with E-state index < -0.39 is 0 Å². The van der Waals surface area contributed by atoms with Crippen molar-refractivity contribution in [3.8, 4) is 0 Å². The average molecular weight is 315 g/mol. The molecular formula is C16H15ClN4O. The Kier molecular flexibility index (Phi) is 3.15. The number of H-pyrrole nitrogens is 1. The Balaban J connectivity index is 1.52. The third kappa shape index (κ3) is 2.37. The second kappa shape index (κ2) is 5.18. The van der Waals surface area contributed by atoms with Crippen molar-refractivity contribution in [2.24, 2.45) is 0 Å². The second-order valence-electron chi connectivity index (χ2n) is 5.66. The number of nitrogens with one attached hydrogen (secondary N) is 2. The van der Waals surface area contributed by atoms with Gasteiger partial charge in [0.25, 0.3) is 5.91 Å². The lowest BCUT2D eigenvalue weighted by atomic mass is 10.1. The monoisotopic (exact) mass is 314 g/mol. The number of aromatic nitrogens is 3. The number of amides is 1. The Hall–Kier alpha value is -2.27. The molecule has 0 aliphatic carbocycles. The molecule has 1 aliphatic rings. The van der Waals surface area contributed by atoms with Gasteiger partial charge in [-0.05, 0) is 31.0 Å². The van der Waals surface area contributed by atoms with Crippen molar-refractivity contribution < 1.29 is 4.79 Å². The van der Waals surface area contributed by atoms with E-state index in [1.165, 1.54) is 5.69 Å². The van der Waals surface area contributed by atoms with Crippen LogP contribution in [-0.4, -0.2) is 26.5 Å². The van der Waals surface area contributed by atoms with E-state index in [0.717, 1.165) is 30.3 Å². The average Bonchev–Trinajstić information content (AvgIpc) is 3.12. The summed E-state index contributed by atoms with van der Waals surface area (Å²) in [5, 5.41) is 4.73. The molecule has 1 amide bonds. The number of hydrogen-bond donors (Lipinski definition) is 2. The van der Waals surface area contributed by atoms with Gasteiger partial charge in [0, 0.05) is 40.4 Å². The van der Waals surface area contributed by atoms with Gasteiger partial charge < -0.3 is 14.9 Å². The molecule has 0 saturated heterocycles. The van der Waals surface area contributed by atoms with Crippen LogP contribution in [0.15, 0.2) is 36.8 Å². The topological polar surface area (TPSA) is 62.7 Å². The zero-order chi connectivity index (χ0) is 15.1. The Morgan fingerprint density at radius 2 is 2.32 bits per heavy atom. The highest BCUT2D eigenvalue weighted by Crippen LogP contribution is 2.20. The number of fused-ring (bicyclic) bond motifs is 2. The first-order valence-corrected chi connectivity index (χ1v) is 7.65. The molecule has 1 aliphatic heterocycles. The van der Waals surface area contributed by atoms with E-state index in [0.29, 0.717) is 10.7 Å². The van der Waals surface area contributed by atoms with E-state index in [-0.39, 0.29) is 11.9 Å². The molecule has 0 bridgehead atoms. The maximum Gasteiger partial charge on any atom is 0.268 e. The summed E-state index contributed by atoms with van der Waals surface area (Å²) in [4.78, 5) is 19.7. The molecule has 112 valence electrons. The summed E-state index contributed by atoms with van der Waals surface area (Å²) in [6.07, 6.45) is 5.58. The minimum absolute atomic E-state index is 0.0825. The van der Waals surface area contributed by atoms with Crippen LogP contribution in [0.4, 0.5) is 0 Å². The Morgan fingerprint density at radius 3 is 3.23 bits per heavy atom. The number of carbonyl (C=O) groups excluding carboxylic acids is 1. The van der Waals surface area contributed by atoms with Crippen LogP contribution in [0.5, 0.6) is 0 Å². The largest absolute Gasteiger partial charge is 0.350 e. The van der Waals surface area contributed by atoms with Gasteiger partial charge in [0.15, 0.2) is 0 Å². The first-order chi connectivity index (χ1) is 10.7. The Bertz CT molecular complexity index is 851. The summed E-state index contributed by atoms with van der Waals surface area (Å²) < 4.78 is 2.10. The van der Waals surface area contributed by atoms with Crippen molar-refractivity contribution in [2.45, 2.75) is 25.4 Å². The molecule has 5 nitrogen and oxygen atoms in total. The van der Waals surface area contributed by atoms with Crippen molar-refractivity contribution in [3.05, 3.63) is 53.2 Å². The van der Waals surface area contributed by atoms with Crippen LogP contribution in [0, 0.1) is 0 Å². The molecule has 4 rings (SSSR count). The first-order valence-electron chi connectivity index (χ1n) is 7.27. The van der Waals surface area contributed by atoms with Gasteiger partial charge >= 0.3 is 0 Å². The number of aromatic amines is 1. The number of imidazole rings is 1. The number of benzene rings is 1. The summed E-state index contributed by atoms with van der Waals surface area (Å²) in [6, 6.07) is 7.53. The van der Waals surface area contributed by atoms with Crippen molar-refractivity contribution in [1.82, 2.24) is 19.9 Å². The highest BCUT2D eigenvalue weighted by atomic mass is 35.5. The maximum absolute atomic E-state index is 12.4. The van der Waals surface area contributed by atoms with Gasteiger partial charge in [-0.25, -0.2) is 4.98 Å². The smallest absolute Gasteiger partial charge is 0.268 e. The van der Waals surface area contributed by atoms with Crippen molar-refractivity contribution in [3.63, 3.8) is 0 Å². The molecule has 2 N–H and O–H groups in total. The van der Waals surface area contributed by atoms with E-state index in [2.05, 4.69) is 19.9 Å². The zero-order valence-corrected chi connectivity index (χ0v) is 12.6. The van der Waals surface area contributed by atoms with Crippen LogP contribution >= 0.6 is 11.6 Å². The predicted molar refractivity (Wildman–Crippen MR) is 85.1 cm³/mol. The SMILES string of the molecule is O=C(NC1CCc2cncn2C1)c1cc2ccc(Cl)cc2[nH]1. The molecule has 2 aromatic heterocycles. The number of carbonyl (C=O) groups is 1. The third-order valence-corrected chi connectivity index (χ3v) is 4.36. The standard InChI is InChI=1S/C16H15ClN4O/c17-11-2-1-10-5-15(20-14(10)6-11)16(22)19-12-3-4-13-7-18-9-21(13)8-12/h1-2,5-7,9,12,20H,3-4,8H2,(H,19,22). The highest BCUT2D eigenvalue weighted by Gasteiger charge is 2.21. The lowest BCUT2D eigenvalue weighted by Crippen LogP contribution is -2.40. The van der Waals surface area contributed by atoms with E-state index in [1.54, 1.807) is 0 Å². The Morgan fingerprint density at radius 1 is 1.41 bits per heavy atom. The second-order valence-corrected chi connectivity index (χ2v) is 6.10. The van der Waals surface area contributed by atoms with Gasteiger partial charge in [0.2, 0.25) is 0 Å². The summed E-state index contributed by atoms with van der Waals surface area (Å²) >= 11 is 5.97. The van der Waals surface area contributed by atoms with Gasteiger partial charge in [0.05, 0.1) is 6.33 Å². The van der Waals surface area contributed by atoms with Gasteiger partial charge in [-0.1, -0.05) is 17.7 Å². The van der Waals surface area contributed by atoms with Gasteiger partial charge in [-0.15, -0.1) is 0 Å². The summed E-state index contributed by atoms with van der Waals surface area (Å²) in [6.45, 7) is 0.771.